The first-order chi connectivity index (χ1) is 8.01. The zero-order valence-electron chi connectivity index (χ0n) is 11.0. The van der Waals surface area contributed by atoms with Gasteiger partial charge in [-0.05, 0) is 44.3 Å². The third-order valence-electron chi connectivity index (χ3n) is 2.79. The van der Waals surface area contributed by atoms with Crippen LogP contribution >= 0.6 is 0 Å². The highest BCUT2D eigenvalue weighted by Gasteiger charge is 2.00. The average molecular weight is 234 g/mol. The smallest absolute Gasteiger partial charge is 0.118 e. The molecule has 0 saturated heterocycles. The van der Waals surface area contributed by atoms with E-state index in [9.17, 15) is 4.39 Å². The lowest BCUT2D eigenvalue weighted by molar-refractivity contribution is 0.648. The van der Waals surface area contributed by atoms with Gasteiger partial charge in [-0.2, -0.15) is 0 Å². The third kappa shape index (κ3) is 7.51. The molecule has 0 spiro atoms. The van der Waals surface area contributed by atoms with Gasteiger partial charge < -0.3 is 0 Å². The quantitative estimate of drug-likeness (QED) is 0.383. The average Bonchev–Trinajstić information content (AvgIpc) is 2.34. The molecule has 0 rings (SSSR count). The highest BCUT2D eigenvalue weighted by molar-refractivity contribution is 5.27. The summed E-state index contributed by atoms with van der Waals surface area (Å²) in [6, 6.07) is 0. The van der Waals surface area contributed by atoms with Gasteiger partial charge in [0.1, 0.15) is 5.83 Å². The summed E-state index contributed by atoms with van der Waals surface area (Å²) in [5.41, 5.74) is 2.25. The summed E-state index contributed by atoms with van der Waals surface area (Å²) >= 11 is 0. The first-order valence-corrected chi connectivity index (χ1v) is 5.96. The van der Waals surface area contributed by atoms with Crippen molar-refractivity contribution in [2.75, 3.05) is 0 Å². The van der Waals surface area contributed by atoms with E-state index < -0.39 is 0 Å². The van der Waals surface area contributed by atoms with Crippen molar-refractivity contribution in [3.05, 3.63) is 61.0 Å². The van der Waals surface area contributed by atoms with Crippen LogP contribution in [0.5, 0.6) is 0 Å². The Labute approximate surface area is 105 Å². The molecule has 17 heavy (non-hydrogen) atoms. The molecule has 1 unspecified atom stereocenters. The second kappa shape index (κ2) is 8.74. The molecule has 0 aliphatic rings. The van der Waals surface area contributed by atoms with Crippen molar-refractivity contribution >= 4 is 0 Å². The summed E-state index contributed by atoms with van der Waals surface area (Å²) in [7, 11) is 0. The number of hydrogen-bond acceptors (Lipinski definition) is 0. The molecule has 0 N–H and O–H groups in total. The van der Waals surface area contributed by atoms with Crippen LogP contribution in [-0.2, 0) is 0 Å². The lowest BCUT2D eigenvalue weighted by atomic mass is 9.97. The van der Waals surface area contributed by atoms with Crippen molar-refractivity contribution in [1.82, 2.24) is 0 Å². The fourth-order valence-corrected chi connectivity index (χ4v) is 1.29. The first-order valence-electron chi connectivity index (χ1n) is 5.96. The maximum atomic E-state index is 12.8. The van der Waals surface area contributed by atoms with E-state index in [-0.39, 0.29) is 5.83 Å². The predicted molar refractivity (Wildman–Crippen MR) is 75.5 cm³/mol. The molecule has 0 aliphatic carbocycles. The fourth-order valence-electron chi connectivity index (χ4n) is 1.29. The van der Waals surface area contributed by atoms with Crippen LogP contribution in [0.1, 0.15) is 33.1 Å². The van der Waals surface area contributed by atoms with E-state index >= 15 is 0 Å². The van der Waals surface area contributed by atoms with Gasteiger partial charge in [0, 0.05) is 0 Å². The van der Waals surface area contributed by atoms with Gasteiger partial charge in [0.25, 0.3) is 0 Å². The summed E-state index contributed by atoms with van der Waals surface area (Å²) in [6.07, 6.45) is 9.27. The van der Waals surface area contributed by atoms with E-state index in [0.717, 1.165) is 24.0 Å². The van der Waals surface area contributed by atoms with Gasteiger partial charge in [0.15, 0.2) is 0 Å². The summed E-state index contributed by atoms with van der Waals surface area (Å²) in [5, 5.41) is 0. The van der Waals surface area contributed by atoms with Crippen molar-refractivity contribution in [1.29, 1.82) is 0 Å². The summed E-state index contributed by atoms with van der Waals surface area (Å²) in [6.45, 7) is 15.3. The van der Waals surface area contributed by atoms with Crippen LogP contribution in [0.15, 0.2) is 61.0 Å². The maximum absolute atomic E-state index is 12.8. The van der Waals surface area contributed by atoms with Gasteiger partial charge in [-0.3, -0.25) is 0 Å². The number of hydrogen-bond donors (Lipinski definition) is 0. The minimum atomic E-state index is -0.278. The molecule has 0 radical (unpaired) electrons. The first kappa shape index (κ1) is 15.6. The molecular weight excluding hydrogens is 211 g/mol. The van der Waals surface area contributed by atoms with Gasteiger partial charge >= 0.3 is 0 Å². The van der Waals surface area contributed by atoms with Gasteiger partial charge in [-0.25, -0.2) is 4.39 Å². The Morgan fingerprint density at radius 2 is 1.94 bits per heavy atom. The molecule has 1 atom stereocenters. The van der Waals surface area contributed by atoms with Crippen molar-refractivity contribution in [3.8, 4) is 0 Å². The minimum Gasteiger partial charge on any atom is -0.207 e. The maximum Gasteiger partial charge on any atom is 0.118 e. The van der Waals surface area contributed by atoms with Gasteiger partial charge in [-0.1, -0.05) is 43.4 Å². The van der Waals surface area contributed by atoms with Crippen LogP contribution in [0.3, 0.4) is 0 Å². The molecule has 0 bridgehead atoms. The van der Waals surface area contributed by atoms with Gasteiger partial charge in [-0.15, -0.1) is 6.58 Å². The predicted octanol–water partition coefficient (Wildman–Crippen LogP) is 5.52. The summed E-state index contributed by atoms with van der Waals surface area (Å²) in [5.74, 6) is 0.234. The molecule has 1 heteroatoms. The van der Waals surface area contributed by atoms with Crippen LogP contribution in [0.2, 0.25) is 0 Å². The summed E-state index contributed by atoms with van der Waals surface area (Å²) < 4.78 is 12.8. The normalized spacial score (nSPS) is 14.3. The lowest BCUT2D eigenvalue weighted by Crippen LogP contribution is -1.92. The Morgan fingerprint density at radius 1 is 1.29 bits per heavy atom. The van der Waals surface area contributed by atoms with Crippen LogP contribution < -0.4 is 0 Å². The Balaban J connectivity index is 4.16. The summed E-state index contributed by atoms with van der Waals surface area (Å²) in [4.78, 5) is 0. The Hall–Kier alpha value is -1.37. The SMILES string of the molecule is C=C/C(F)=C\C/C=C(/C)C(=C)CCC(C)C=C. The number of allylic oxidation sites excluding steroid dienone is 7. The van der Waals surface area contributed by atoms with Gasteiger partial charge in [0.05, 0.1) is 0 Å². The van der Waals surface area contributed by atoms with Crippen LogP contribution in [0.4, 0.5) is 4.39 Å². The molecule has 0 aromatic heterocycles. The van der Waals surface area contributed by atoms with Crippen molar-refractivity contribution in [3.63, 3.8) is 0 Å². The third-order valence-corrected chi connectivity index (χ3v) is 2.79. The molecule has 0 aliphatic heterocycles. The van der Waals surface area contributed by atoms with Gasteiger partial charge in [0.2, 0.25) is 0 Å². The molecule has 0 aromatic rings. The monoisotopic (exact) mass is 234 g/mol. The van der Waals surface area contributed by atoms with E-state index in [1.54, 1.807) is 0 Å². The molecule has 0 amide bonds. The van der Waals surface area contributed by atoms with Crippen LogP contribution in [-0.4, -0.2) is 0 Å². The molecule has 0 fully saturated rings. The van der Waals surface area contributed by atoms with Crippen molar-refractivity contribution < 1.29 is 4.39 Å². The zero-order valence-corrected chi connectivity index (χ0v) is 11.0. The molecule has 0 nitrogen and oxygen atoms in total. The molecule has 0 saturated carbocycles. The van der Waals surface area contributed by atoms with E-state index in [1.165, 1.54) is 12.2 Å². The molecule has 0 aromatic carbocycles. The van der Waals surface area contributed by atoms with E-state index in [1.807, 2.05) is 19.1 Å². The standard InChI is InChI=1S/C16H23F/c1-6-13(3)11-12-15(5)14(4)9-8-10-16(17)7-2/h6-7,9-10,13H,1-2,5,8,11-12H2,3-4H3/b14-9-,16-10+. The largest absolute Gasteiger partial charge is 0.207 e. The number of halogens is 1. The lowest BCUT2D eigenvalue weighted by Gasteiger charge is -2.08. The number of rotatable bonds is 8. The van der Waals surface area contributed by atoms with Crippen molar-refractivity contribution in [2.45, 2.75) is 33.1 Å². The molecule has 94 valence electrons. The van der Waals surface area contributed by atoms with E-state index in [2.05, 4.69) is 26.7 Å². The fraction of sp³-hybridized carbons (Fsp3) is 0.375. The van der Waals surface area contributed by atoms with Crippen LogP contribution in [0, 0.1) is 5.92 Å². The molecule has 0 heterocycles. The second-order valence-electron chi connectivity index (χ2n) is 4.27. The van der Waals surface area contributed by atoms with Crippen LogP contribution in [0.25, 0.3) is 0 Å². The highest BCUT2D eigenvalue weighted by Crippen LogP contribution is 2.18. The second-order valence-corrected chi connectivity index (χ2v) is 4.27. The Kier molecular flexibility index (Phi) is 8.04. The topological polar surface area (TPSA) is 0 Å². The van der Waals surface area contributed by atoms with Crippen molar-refractivity contribution in [2.24, 2.45) is 5.92 Å². The highest BCUT2D eigenvalue weighted by atomic mass is 19.1. The Bertz CT molecular complexity index is 331. The van der Waals surface area contributed by atoms with E-state index in [0.29, 0.717) is 12.3 Å². The molecular formula is C16H23F. The van der Waals surface area contributed by atoms with E-state index in [4.69, 9.17) is 0 Å². The minimum absolute atomic E-state index is 0.278. The zero-order chi connectivity index (χ0) is 13.3. The Morgan fingerprint density at radius 3 is 2.47 bits per heavy atom.